The van der Waals surface area contributed by atoms with E-state index in [4.69, 9.17) is 4.74 Å². The van der Waals surface area contributed by atoms with E-state index in [1.807, 2.05) is 24.3 Å². The van der Waals surface area contributed by atoms with E-state index >= 15 is 0 Å². The Hall–Kier alpha value is -3.01. The number of rotatable bonds is 5. The summed E-state index contributed by atoms with van der Waals surface area (Å²) in [5, 5.41) is 3.32. The first-order valence-electron chi connectivity index (χ1n) is 10.1. The molecular formula is C25H28N2O2. The van der Waals surface area contributed by atoms with Crippen LogP contribution in [-0.4, -0.2) is 24.7 Å². The van der Waals surface area contributed by atoms with Crippen LogP contribution in [0.3, 0.4) is 0 Å². The summed E-state index contributed by atoms with van der Waals surface area (Å²) in [4.78, 5) is 14.9. The largest absolute Gasteiger partial charge is 0.489 e. The van der Waals surface area contributed by atoms with E-state index < -0.39 is 5.66 Å². The second-order valence-electron chi connectivity index (χ2n) is 8.33. The minimum absolute atomic E-state index is 0.0831. The average Bonchev–Trinajstić information content (AvgIpc) is 2.89. The molecule has 2 aromatic rings. The Kier molecular flexibility index (Phi) is 4.73. The molecule has 4 nitrogen and oxygen atoms in total. The summed E-state index contributed by atoms with van der Waals surface area (Å²) in [5.41, 5.74) is 3.75. The molecule has 0 aliphatic carbocycles. The standard InChI is InChI=1S/C25H28N2O2/c1-5-16-29-22-9-7-6-8-19(22)12-14-25-24(3,4)20-17-18(2)10-11-21(20)27(25)15-13-23(28)26-25/h5-12,14,17H,1,13,15-16H2,2-4H3,(H,26,28)/t25-/m0/s1. The van der Waals surface area contributed by atoms with Crippen molar-refractivity contribution in [3.8, 4) is 5.75 Å². The predicted octanol–water partition coefficient (Wildman–Crippen LogP) is 4.59. The molecule has 2 aliphatic rings. The Morgan fingerprint density at radius 1 is 1.24 bits per heavy atom. The number of aryl methyl sites for hydroxylation is 1. The van der Waals surface area contributed by atoms with Crippen LogP contribution in [0.25, 0.3) is 6.08 Å². The van der Waals surface area contributed by atoms with Gasteiger partial charge in [-0.25, -0.2) is 0 Å². The van der Waals surface area contributed by atoms with E-state index in [9.17, 15) is 4.79 Å². The number of ether oxygens (including phenoxy) is 1. The molecule has 0 saturated carbocycles. The molecule has 0 aromatic heterocycles. The molecule has 1 saturated heterocycles. The first-order valence-corrected chi connectivity index (χ1v) is 10.1. The van der Waals surface area contributed by atoms with Crippen molar-refractivity contribution in [2.75, 3.05) is 18.1 Å². The molecule has 1 N–H and O–H groups in total. The summed E-state index contributed by atoms with van der Waals surface area (Å²) in [7, 11) is 0. The summed E-state index contributed by atoms with van der Waals surface area (Å²) in [6, 6.07) is 14.5. The van der Waals surface area contributed by atoms with Crippen molar-refractivity contribution < 1.29 is 9.53 Å². The highest BCUT2D eigenvalue weighted by Crippen LogP contribution is 2.52. The van der Waals surface area contributed by atoms with Crippen LogP contribution < -0.4 is 15.0 Å². The number of hydrogen-bond donors (Lipinski definition) is 1. The number of carbonyl (C=O) groups excluding carboxylic acids is 1. The zero-order chi connectivity index (χ0) is 20.6. The molecule has 2 heterocycles. The molecule has 0 unspecified atom stereocenters. The van der Waals surface area contributed by atoms with Crippen LogP contribution in [0.5, 0.6) is 5.75 Å². The van der Waals surface area contributed by atoms with E-state index in [0.717, 1.165) is 11.3 Å². The van der Waals surface area contributed by atoms with Gasteiger partial charge in [-0.1, -0.05) is 68.5 Å². The fourth-order valence-electron chi connectivity index (χ4n) is 4.58. The first kappa shape index (κ1) is 19.3. The summed E-state index contributed by atoms with van der Waals surface area (Å²) in [5.74, 6) is 0.887. The Balaban J connectivity index is 1.81. The van der Waals surface area contributed by atoms with Crippen molar-refractivity contribution in [2.45, 2.75) is 38.3 Å². The van der Waals surface area contributed by atoms with Gasteiger partial charge in [0.25, 0.3) is 0 Å². The Morgan fingerprint density at radius 3 is 2.83 bits per heavy atom. The van der Waals surface area contributed by atoms with Gasteiger partial charge in [0.15, 0.2) is 0 Å². The van der Waals surface area contributed by atoms with Crippen LogP contribution in [0, 0.1) is 6.92 Å². The Bertz CT molecular complexity index is 992. The number of carbonyl (C=O) groups is 1. The molecule has 0 bridgehead atoms. The van der Waals surface area contributed by atoms with Gasteiger partial charge in [0.2, 0.25) is 5.91 Å². The molecule has 2 aromatic carbocycles. The van der Waals surface area contributed by atoms with Crippen LogP contribution in [0.4, 0.5) is 5.69 Å². The highest BCUT2D eigenvalue weighted by molar-refractivity contribution is 5.85. The van der Waals surface area contributed by atoms with Gasteiger partial charge < -0.3 is 15.0 Å². The number of fused-ring (bicyclic) bond motifs is 3. The molecule has 1 amide bonds. The highest BCUT2D eigenvalue weighted by Gasteiger charge is 2.57. The smallest absolute Gasteiger partial charge is 0.223 e. The Labute approximate surface area is 172 Å². The van der Waals surface area contributed by atoms with Crippen LogP contribution in [0.15, 0.2) is 61.2 Å². The number of nitrogens with one attached hydrogen (secondary N) is 1. The second kappa shape index (κ2) is 7.11. The van der Waals surface area contributed by atoms with E-state index in [2.05, 4.69) is 67.9 Å². The van der Waals surface area contributed by atoms with Gasteiger partial charge in [-0.3, -0.25) is 4.79 Å². The SMILES string of the molecule is C=CCOc1ccccc1C=C[C@]12NC(=O)CCN1c1ccc(C)cc1C2(C)C. The van der Waals surface area contributed by atoms with Crippen LogP contribution >= 0.6 is 0 Å². The summed E-state index contributed by atoms with van der Waals surface area (Å²) < 4.78 is 5.82. The van der Waals surface area contributed by atoms with Crippen molar-refractivity contribution in [2.24, 2.45) is 0 Å². The number of nitrogens with zero attached hydrogens (tertiary/aromatic N) is 1. The first-order chi connectivity index (χ1) is 13.9. The molecule has 4 rings (SSSR count). The maximum Gasteiger partial charge on any atom is 0.223 e. The molecule has 150 valence electrons. The lowest BCUT2D eigenvalue weighted by atomic mass is 9.74. The second-order valence-corrected chi connectivity index (χ2v) is 8.33. The van der Waals surface area contributed by atoms with Gasteiger partial charge in [-0.05, 0) is 30.7 Å². The molecular weight excluding hydrogens is 360 g/mol. The number of amides is 1. The topological polar surface area (TPSA) is 41.6 Å². The monoisotopic (exact) mass is 388 g/mol. The fraction of sp³-hybridized carbons (Fsp3) is 0.320. The zero-order valence-electron chi connectivity index (χ0n) is 17.4. The normalized spacial score (nSPS) is 22.2. The minimum atomic E-state index is -0.621. The third-order valence-corrected chi connectivity index (χ3v) is 6.17. The lowest BCUT2D eigenvalue weighted by molar-refractivity contribution is -0.124. The number of benzene rings is 2. The van der Waals surface area contributed by atoms with Gasteiger partial charge in [0.05, 0.1) is 0 Å². The van der Waals surface area contributed by atoms with Crippen LogP contribution in [-0.2, 0) is 10.2 Å². The molecule has 1 atom stereocenters. The quantitative estimate of drug-likeness (QED) is 0.762. The number of para-hydroxylation sites is 1. The molecule has 2 aliphatic heterocycles. The van der Waals surface area contributed by atoms with Crippen LogP contribution in [0.1, 0.15) is 37.0 Å². The van der Waals surface area contributed by atoms with Crippen molar-refractivity contribution in [1.82, 2.24) is 5.32 Å². The van der Waals surface area contributed by atoms with Gasteiger partial charge in [-0.2, -0.15) is 0 Å². The fourth-order valence-corrected chi connectivity index (χ4v) is 4.58. The zero-order valence-corrected chi connectivity index (χ0v) is 17.4. The maximum absolute atomic E-state index is 12.5. The minimum Gasteiger partial charge on any atom is -0.489 e. The van der Waals surface area contributed by atoms with Crippen molar-refractivity contribution in [1.29, 1.82) is 0 Å². The van der Waals surface area contributed by atoms with Gasteiger partial charge >= 0.3 is 0 Å². The molecule has 0 radical (unpaired) electrons. The third-order valence-electron chi connectivity index (χ3n) is 6.17. The lowest BCUT2D eigenvalue weighted by Gasteiger charge is -2.49. The van der Waals surface area contributed by atoms with Crippen molar-refractivity contribution in [3.05, 3.63) is 77.9 Å². The van der Waals surface area contributed by atoms with E-state index in [1.165, 1.54) is 16.8 Å². The van der Waals surface area contributed by atoms with Gasteiger partial charge in [0.1, 0.15) is 18.0 Å². The van der Waals surface area contributed by atoms with Crippen molar-refractivity contribution >= 4 is 17.7 Å². The van der Waals surface area contributed by atoms with E-state index in [0.29, 0.717) is 19.6 Å². The predicted molar refractivity (Wildman–Crippen MR) is 118 cm³/mol. The number of anilines is 1. The van der Waals surface area contributed by atoms with E-state index in [-0.39, 0.29) is 11.3 Å². The lowest BCUT2D eigenvalue weighted by Crippen LogP contribution is -2.68. The van der Waals surface area contributed by atoms with E-state index in [1.54, 1.807) is 6.08 Å². The average molecular weight is 389 g/mol. The summed E-state index contributed by atoms with van der Waals surface area (Å²) in [6.07, 6.45) is 6.44. The third kappa shape index (κ3) is 3.03. The molecule has 29 heavy (non-hydrogen) atoms. The van der Waals surface area contributed by atoms with Gasteiger partial charge in [-0.15, -0.1) is 0 Å². The molecule has 0 spiro atoms. The molecule has 4 heteroatoms. The number of hydrogen-bond acceptors (Lipinski definition) is 3. The Morgan fingerprint density at radius 2 is 2.03 bits per heavy atom. The summed E-state index contributed by atoms with van der Waals surface area (Å²) in [6.45, 7) is 11.4. The molecule has 1 fully saturated rings. The van der Waals surface area contributed by atoms with Gasteiger partial charge in [0, 0.05) is 29.6 Å². The maximum atomic E-state index is 12.5. The van der Waals surface area contributed by atoms with Crippen molar-refractivity contribution in [3.63, 3.8) is 0 Å². The highest BCUT2D eigenvalue weighted by atomic mass is 16.5. The van der Waals surface area contributed by atoms with Crippen LogP contribution in [0.2, 0.25) is 0 Å². The summed E-state index contributed by atoms with van der Waals surface area (Å²) >= 11 is 0.